The molecule has 0 aromatic heterocycles. The zero-order chi connectivity index (χ0) is 14.5. The molecule has 1 fully saturated rings. The number of nitrogens with one attached hydrogen (secondary N) is 1. The molecule has 1 N–H and O–H groups in total. The van der Waals surface area contributed by atoms with E-state index >= 15 is 0 Å². The molecule has 110 valence electrons. The molecule has 0 bridgehead atoms. The van der Waals surface area contributed by atoms with Crippen molar-refractivity contribution in [2.45, 2.75) is 31.7 Å². The van der Waals surface area contributed by atoms with E-state index in [1.807, 2.05) is 24.3 Å². The number of halogens is 1. The molecule has 3 nitrogen and oxygen atoms in total. The summed E-state index contributed by atoms with van der Waals surface area (Å²) < 4.78 is 0.997. The van der Waals surface area contributed by atoms with Crippen LogP contribution in [0, 0.1) is 5.92 Å². The topological polar surface area (TPSA) is 32.3 Å². The molecule has 0 heterocycles. The van der Waals surface area contributed by atoms with Gasteiger partial charge in [-0.05, 0) is 57.1 Å². The standard InChI is InChI=1S/C16H23BrN2O/c1-19(2)11-13-5-3-4-6-15(13)18-16(20)12-7-9-14(17)10-8-12/h7-10,13,15H,3-6,11H2,1-2H3,(H,18,20). The van der Waals surface area contributed by atoms with E-state index in [-0.39, 0.29) is 5.91 Å². The van der Waals surface area contributed by atoms with E-state index < -0.39 is 0 Å². The number of rotatable bonds is 4. The van der Waals surface area contributed by atoms with E-state index in [2.05, 4.69) is 40.2 Å². The molecule has 1 aromatic rings. The van der Waals surface area contributed by atoms with Gasteiger partial charge in [0.15, 0.2) is 0 Å². The van der Waals surface area contributed by atoms with E-state index in [0.29, 0.717) is 12.0 Å². The van der Waals surface area contributed by atoms with Crippen LogP contribution < -0.4 is 5.32 Å². The fourth-order valence-corrected chi connectivity index (χ4v) is 3.20. The van der Waals surface area contributed by atoms with Gasteiger partial charge in [0.25, 0.3) is 5.91 Å². The van der Waals surface area contributed by atoms with Gasteiger partial charge in [0.05, 0.1) is 0 Å². The maximum atomic E-state index is 12.3. The van der Waals surface area contributed by atoms with Crippen LogP contribution in [-0.4, -0.2) is 37.5 Å². The van der Waals surface area contributed by atoms with Crippen LogP contribution >= 0.6 is 15.9 Å². The minimum Gasteiger partial charge on any atom is -0.349 e. The molecule has 0 spiro atoms. The van der Waals surface area contributed by atoms with Crippen LogP contribution in [0.5, 0.6) is 0 Å². The van der Waals surface area contributed by atoms with Crippen molar-refractivity contribution in [1.29, 1.82) is 0 Å². The molecule has 1 aromatic carbocycles. The number of carbonyl (C=O) groups excluding carboxylic acids is 1. The van der Waals surface area contributed by atoms with E-state index in [4.69, 9.17) is 0 Å². The molecule has 1 aliphatic rings. The Kier molecular flexibility index (Phi) is 5.61. The van der Waals surface area contributed by atoms with Crippen molar-refractivity contribution < 1.29 is 4.79 Å². The Labute approximate surface area is 129 Å². The molecule has 0 radical (unpaired) electrons. The van der Waals surface area contributed by atoms with Gasteiger partial charge in [-0.2, -0.15) is 0 Å². The Balaban J connectivity index is 1.99. The second kappa shape index (κ2) is 7.23. The first-order valence-corrected chi connectivity index (χ1v) is 8.06. The lowest BCUT2D eigenvalue weighted by atomic mass is 9.84. The number of carbonyl (C=O) groups is 1. The van der Waals surface area contributed by atoms with Gasteiger partial charge >= 0.3 is 0 Å². The van der Waals surface area contributed by atoms with E-state index in [9.17, 15) is 4.79 Å². The number of nitrogens with zero attached hydrogens (tertiary/aromatic N) is 1. The van der Waals surface area contributed by atoms with Gasteiger partial charge in [-0.15, -0.1) is 0 Å². The summed E-state index contributed by atoms with van der Waals surface area (Å²) in [6, 6.07) is 7.86. The van der Waals surface area contributed by atoms with Crippen molar-refractivity contribution in [3.8, 4) is 0 Å². The van der Waals surface area contributed by atoms with E-state index in [0.717, 1.165) is 23.0 Å². The Morgan fingerprint density at radius 1 is 1.25 bits per heavy atom. The van der Waals surface area contributed by atoms with Gasteiger partial charge in [-0.3, -0.25) is 4.79 Å². The Morgan fingerprint density at radius 2 is 1.90 bits per heavy atom. The summed E-state index contributed by atoms with van der Waals surface area (Å²) in [5.41, 5.74) is 0.738. The molecule has 4 heteroatoms. The first kappa shape index (κ1) is 15.5. The van der Waals surface area contributed by atoms with Gasteiger partial charge in [-0.25, -0.2) is 0 Å². The quantitative estimate of drug-likeness (QED) is 0.913. The van der Waals surface area contributed by atoms with Crippen LogP contribution in [0.3, 0.4) is 0 Å². The predicted octanol–water partition coefficient (Wildman–Crippen LogP) is 3.30. The number of amides is 1. The smallest absolute Gasteiger partial charge is 0.251 e. The summed E-state index contributed by atoms with van der Waals surface area (Å²) in [6.45, 7) is 1.05. The first-order valence-electron chi connectivity index (χ1n) is 7.27. The molecule has 1 saturated carbocycles. The molecule has 1 aliphatic carbocycles. The van der Waals surface area contributed by atoms with Crippen molar-refractivity contribution in [2.24, 2.45) is 5.92 Å². The second-order valence-corrected chi connectivity index (χ2v) is 6.81. The first-order chi connectivity index (χ1) is 9.56. The molecule has 2 unspecified atom stereocenters. The highest BCUT2D eigenvalue weighted by Gasteiger charge is 2.27. The number of benzene rings is 1. The third kappa shape index (κ3) is 4.32. The highest BCUT2D eigenvalue weighted by Crippen LogP contribution is 2.25. The fourth-order valence-electron chi connectivity index (χ4n) is 2.94. The molecule has 0 aliphatic heterocycles. The molecular formula is C16H23BrN2O. The van der Waals surface area contributed by atoms with Crippen LogP contribution in [0.25, 0.3) is 0 Å². The average Bonchev–Trinajstić information content (AvgIpc) is 2.41. The number of hydrogen-bond donors (Lipinski definition) is 1. The van der Waals surface area contributed by atoms with Crippen molar-refractivity contribution in [3.05, 3.63) is 34.3 Å². The predicted molar refractivity (Wildman–Crippen MR) is 85.9 cm³/mol. The maximum Gasteiger partial charge on any atom is 0.251 e. The monoisotopic (exact) mass is 338 g/mol. The maximum absolute atomic E-state index is 12.3. The largest absolute Gasteiger partial charge is 0.349 e. The second-order valence-electron chi connectivity index (χ2n) is 5.89. The third-order valence-corrected chi connectivity index (χ3v) is 4.46. The van der Waals surface area contributed by atoms with Crippen molar-refractivity contribution in [1.82, 2.24) is 10.2 Å². The average molecular weight is 339 g/mol. The summed E-state index contributed by atoms with van der Waals surface area (Å²) >= 11 is 3.39. The van der Waals surface area contributed by atoms with Gasteiger partial charge in [0.1, 0.15) is 0 Å². The van der Waals surface area contributed by atoms with Crippen LogP contribution in [0.4, 0.5) is 0 Å². The molecule has 20 heavy (non-hydrogen) atoms. The molecule has 1 amide bonds. The Morgan fingerprint density at radius 3 is 2.55 bits per heavy atom. The summed E-state index contributed by atoms with van der Waals surface area (Å²) in [5.74, 6) is 0.617. The van der Waals surface area contributed by atoms with Gasteiger partial charge in [0, 0.05) is 22.6 Å². The number of hydrogen-bond acceptors (Lipinski definition) is 2. The SMILES string of the molecule is CN(C)CC1CCCCC1NC(=O)c1ccc(Br)cc1. The summed E-state index contributed by atoms with van der Waals surface area (Å²) in [7, 11) is 4.20. The molecule has 0 saturated heterocycles. The van der Waals surface area contributed by atoms with Crippen LogP contribution in [0.1, 0.15) is 36.0 Å². The minimum absolute atomic E-state index is 0.0492. The van der Waals surface area contributed by atoms with E-state index in [1.54, 1.807) is 0 Å². The third-order valence-electron chi connectivity index (χ3n) is 3.93. The Bertz CT molecular complexity index is 444. The fraction of sp³-hybridized carbons (Fsp3) is 0.562. The summed E-state index contributed by atoms with van der Waals surface area (Å²) in [5, 5.41) is 3.23. The normalized spacial score (nSPS) is 22.8. The lowest BCUT2D eigenvalue weighted by Crippen LogP contribution is -2.45. The van der Waals surface area contributed by atoms with Crippen molar-refractivity contribution in [2.75, 3.05) is 20.6 Å². The molecule has 2 atom stereocenters. The summed E-state index contributed by atoms with van der Waals surface area (Å²) in [6.07, 6.45) is 4.81. The van der Waals surface area contributed by atoms with Crippen LogP contribution in [0.2, 0.25) is 0 Å². The highest BCUT2D eigenvalue weighted by atomic mass is 79.9. The Hall–Kier alpha value is -0.870. The van der Waals surface area contributed by atoms with Crippen LogP contribution in [-0.2, 0) is 0 Å². The van der Waals surface area contributed by atoms with Gasteiger partial charge in [-0.1, -0.05) is 28.8 Å². The zero-order valence-electron chi connectivity index (χ0n) is 12.2. The van der Waals surface area contributed by atoms with Gasteiger partial charge in [0.2, 0.25) is 0 Å². The zero-order valence-corrected chi connectivity index (χ0v) is 13.8. The highest BCUT2D eigenvalue weighted by molar-refractivity contribution is 9.10. The van der Waals surface area contributed by atoms with Gasteiger partial charge < -0.3 is 10.2 Å². The van der Waals surface area contributed by atoms with Crippen LogP contribution in [0.15, 0.2) is 28.7 Å². The lowest BCUT2D eigenvalue weighted by Gasteiger charge is -2.34. The van der Waals surface area contributed by atoms with Crippen molar-refractivity contribution in [3.63, 3.8) is 0 Å². The summed E-state index contributed by atoms with van der Waals surface area (Å²) in [4.78, 5) is 14.5. The van der Waals surface area contributed by atoms with E-state index in [1.165, 1.54) is 19.3 Å². The minimum atomic E-state index is 0.0492. The lowest BCUT2D eigenvalue weighted by molar-refractivity contribution is 0.0895. The molecule has 2 rings (SSSR count). The molecular weight excluding hydrogens is 316 g/mol. The van der Waals surface area contributed by atoms with Crippen molar-refractivity contribution >= 4 is 21.8 Å².